The van der Waals surface area contributed by atoms with Crippen molar-refractivity contribution < 1.29 is 18.7 Å². The van der Waals surface area contributed by atoms with Crippen LogP contribution in [0.25, 0.3) is 6.08 Å². The summed E-state index contributed by atoms with van der Waals surface area (Å²) in [5.41, 5.74) is 0.948. The number of rotatable bonds is 4. The van der Waals surface area contributed by atoms with Gasteiger partial charge in [0.05, 0.1) is 5.02 Å². The van der Waals surface area contributed by atoms with E-state index in [0.717, 1.165) is 0 Å². The van der Waals surface area contributed by atoms with E-state index >= 15 is 0 Å². The van der Waals surface area contributed by atoms with Crippen molar-refractivity contribution >= 4 is 29.6 Å². The van der Waals surface area contributed by atoms with Gasteiger partial charge in [0.1, 0.15) is 11.9 Å². The Bertz CT molecular complexity index is 679. The molecule has 1 fully saturated rings. The van der Waals surface area contributed by atoms with Gasteiger partial charge >= 0.3 is 5.97 Å². The van der Waals surface area contributed by atoms with Crippen LogP contribution in [-0.2, 0) is 14.3 Å². The maximum absolute atomic E-state index is 13.0. The lowest BCUT2D eigenvalue weighted by Crippen LogP contribution is -2.40. The standard InChI is InChI=1S/C18H19ClFNO3/c1-12(2)18(23)24-15-7-9-21(10-8-15)17(22)6-4-13-3-5-14(20)11-16(13)19/h3-6,11,15H,1,7-10H2,2H3/b6-4+. The van der Waals surface area contributed by atoms with Crippen molar-refractivity contribution in [2.24, 2.45) is 0 Å². The molecule has 0 bridgehead atoms. The van der Waals surface area contributed by atoms with Crippen molar-refractivity contribution in [3.8, 4) is 0 Å². The Labute approximate surface area is 145 Å². The lowest BCUT2D eigenvalue weighted by Gasteiger charge is -2.31. The fourth-order valence-electron chi connectivity index (χ4n) is 2.35. The van der Waals surface area contributed by atoms with Crippen LogP contribution in [0, 0.1) is 5.82 Å². The van der Waals surface area contributed by atoms with E-state index in [1.807, 2.05) is 0 Å². The number of ether oxygens (including phenoxy) is 1. The molecule has 0 aromatic heterocycles. The van der Waals surface area contributed by atoms with Crippen LogP contribution in [0.5, 0.6) is 0 Å². The van der Waals surface area contributed by atoms with Crippen LogP contribution in [0.1, 0.15) is 25.3 Å². The largest absolute Gasteiger partial charge is 0.459 e. The minimum Gasteiger partial charge on any atom is -0.459 e. The summed E-state index contributed by atoms with van der Waals surface area (Å²) in [6.45, 7) is 6.17. The molecule has 1 saturated heterocycles. The second kappa shape index (κ2) is 8.11. The molecular formula is C18H19ClFNO3. The maximum atomic E-state index is 13.0. The van der Waals surface area contributed by atoms with Crippen LogP contribution in [0.3, 0.4) is 0 Å². The number of hydrogen-bond acceptors (Lipinski definition) is 3. The summed E-state index contributed by atoms with van der Waals surface area (Å²) in [4.78, 5) is 25.4. The Kier molecular flexibility index (Phi) is 6.15. The van der Waals surface area contributed by atoms with Gasteiger partial charge in [-0.25, -0.2) is 9.18 Å². The Balaban J connectivity index is 1.87. The fourth-order valence-corrected chi connectivity index (χ4v) is 2.58. The third-order valence-electron chi connectivity index (χ3n) is 3.74. The molecule has 0 unspecified atom stereocenters. The second-order valence-electron chi connectivity index (χ2n) is 5.71. The van der Waals surface area contributed by atoms with Crippen LogP contribution in [0.4, 0.5) is 4.39 Å². The summed E-state index contributed by atoms with van der Waals surface area (Å²) in [7, 11) is 0. The number of benzene rings is 1. The van der Waals surface area contributed by atoms with E-state index in [9.17, 15) is 14.0 Å². The zero-order chi connectivity index (χ0) is 17.7. The summed E-state index contributed by atoms with van der Waals surface area (Å²) in [6.07, 6.45) is 3.98. The monoisotopic (exact) mass is 351 g/mol. The molecule has 1 heterocycles. The summed E-state index contributed by atoms with van der Waals surface area (Å²) in [5, 5.41) is 0.254. The van der Waals surface area contributed by atoms with Gasteiger partial charge in [0, 0.05) is 37.6 Å². The third-order valence-corrected chi connectivity index (χ3v) is 4.07. The van der Waals surface area contributed by atoms with Crippen LogP contribution in [0.15, 0.2) is 36.4 Å². The van der Waals surface area contributed by atoms with E-state index in [4.69, 9.17) is 16.3 Å². The number of halogens is 2. The van der Waals surface area contributed by atoms with Gasteiger partial charge in [-0.2, -0.15) is 0 Å². The first kappa shape index (κ1) is 18.2. The zero-order valence-electron chi connectivity index (χ0n) is 13.4. The first-order chi connectivity index (χ1) is 11.4. The van der Waals surface area contributed by atoms with E-state index in [1.54, 1.807) is 17.9 Å². The van der Waals surface area contributed by atoms with E-state index in [-0.39, 0.29) is 17.0 Å². The first-order valence-electron chi connectivity index (χ1n) is 7.65. The number of esters is 1. The number of nitrogens with zero attached hydrogens (tertiary/aromatic N) is 1. The van der Waals surface area contributed by atoms with Gasteiger partial charge in [0.25, 0.3) is 0 Å². The molecule has 6 heteroatoms. The molecule has 128 valence electrons. The highest BCUT2D eigenvalue weighted by Crippen LogP contribution is 2.19. The van der Waals surface area contributed by atoms with Crippen molar-refractivity contribution in [3.05, 3.63) is 52.8 Å². The number of amides is 1. The first-order valence-corrected chi connectivity index (χ1v) is 8.03. The number of likely N-dealkylation sites (tertiary alicyclic amines) is 1. The van der Waals surface area contributed by atoms with E-state index in [0.29, 0.717) is 37.1 Å². The predicted octanol–water partition coefficient (Wildman–Crippen LogP) is 3.60. The quantitative estimate of drug-likeness (QED) is 0.615. The number of piperidine rings is 1. The molecule has 4 nitrogen and oxygen atoms in total. The molecule has 1 aliphatic heterocycles. The average Bonchev–Trinajstić information content (AvgIpc) is 2.54. The number of hydrogen-bond donors (Lipinski definition) is 0. The SMILES string of the molecule is C=C(C)C(=O)OC1CCN(C(=O)/C=C/c2ccc(F)cc2Cl)CC1. The Hall–Kier alpha value is -2.14. The Morgan fingerprint density at radius 3 is 2.62 bits per heavy atom. The smallest absolute Gasteiger partial charge is 0.333 e. The van der Waals surface area contributed by atoms with E-state index in [2.05, 4.69) is 6.58 Å². The molecule has 0 aliphatic carbocycles. The fraction of sp³-hybridized carbons (Fsp3) is 0.333. The summed E-state index contributed by atoms with van der Waals surface area (Å²) >= 11 is 5.92. The second-order valence-corrected chi connectivity index (χ2v) is 6.12. The average molecular weight is 352 g/mol. The van der Waals surface area contributed by atoms with E-state index in [1.165, 1.54) is 24.3 Å². The highest BCUT2D eigenvalue weighted by Gasteiger charge is 2.24. The van der Waals surface area contributed by atoms with Gasteiger partial charge in [-0.15, -0.1) is 0 Å². The maximum Gasteiger partial charge on any atom is 0.333 e. The van der Waals surface area contributed by atoms with Gasteiger partial charge in [-0.05, 0) is 30.7 Å². The zero-order valence-corrected chi connectivity index (χ0v) is 14.2. The number of carbonyl (C=O) groups excluding carboxylic acids is 2. The normalized spacial score (nSPS) is 15.5. The van der Waals surface area contributed by atoms with Crippen molar-refractivity contribution in [2.45, 2.75) is 25.9 Å². The van der Waals surface area contributed by atoms with Crippen LogP contribution in [0.2, 0.25) is 5.02 Å². The molecule has 0 atom stereocenters. The minimum atomic E-state index is -0.421. The molecule has 0 radical (unpaired) electrons. The minimum absolute atomic E-state index is 0.153. The van der Waals surface area contributed by atoms with Gasteiger partial charge in [0.15, 0.2) is 0 Å². The van der Waals surface area contributed by atoms with E-state index < -0.39 is 11.8 Å². The topological polar surface area (TPSA) is 46.6 Å². The van der Waals surface area contributed by atoms with Crippen molar-refractivity contribution in [2.75, 3.05) is 13.1 Å². The van der Waals surface area contributed by atoms with Gasteiger partial charge < -0.3 is 9.64 Å². The lowest BCUT2D eigenvalue weighted by atomic mass is 10.1. The summed E-state index contributed by atoms with van der Waals surface area (Å²) < 4.78 is 18.3. The molecule has 1 aliphatic rings. The molecular weight excluding hydrogens is 333 g/mol. The molecule has 2 rings (SSSR count). The molecule has 0 N–H and O–H groups in total. The van der Waals surface area contributed by atoms with Crippen molar-refractivity contribution in [1.29, 1.82) is 0 Å². The summed E-state index contributed by atoms with van der Waals surface area (Å²) in [5.74, 6) is -0.972. The van der Waals surface area contributed by atoms with Crippen LogP contribution in [-0.4, -0.2) is 36.0 Å². The molecule has 24 heavy (non-hydrogen) atoms. The third kappa shape index (κ3) is 4.93. The van der Waals surface area contributed by atoms with Crippen LogP contribution >= 0.6 is 11.6 Å². The molecule has 1 aromatic rings. The molecule has 0 saturated carbocycles. The Morgan fingerprint density at radius 2 is 2.04 bits per heavy atom. The number of carbonyl (C=O) groups is 2. The van der Waals surface area contributed by atoms with Crippen molar-refractivity contribution in [3.63, 3.8) is 0 Å². The highest BCUT2D eigenvalue weighted by molar-refractivity contribution is 6.32. The van der Waals surface area contributed by atoms with Gasteiger partial charge in [-0.3, -0.25) is 4.79 Å². The predicted molar refractivity (Wildman–Crippen MR) is 91.0 cm³/mol. The molecule has 1 aromatic carbocycles. The lowest BCUT2D eigenvalue weighted by molar-refractivity contribution is -0.147. The summed E-state index contributed by atoms with van der Waals surface area (Å²) in [6, 6.07) is 4.01. The van der Waals surface area contributed by atoms with Crippen molar-refractivity contribution in [1.82, 2.24) is 4.90 Å². The Morgan fingerprint density at radius 1 is 1.38 bits per heavy atom. The van der Waals surface area contributed by atoms with Gasteiger partial charge in [0.2, 0.25) is 5.91 Å². The molecule has 1 amide bonds. The van der Waals surface area contributed by atoms with Gasteiger partial charge in [-0.1, -0.05) is 24.2 Å². The molecule has 0 spiro atoms. The van der Waals surface area contributed by atoms with Crippen LogP contribution < -0.4 is 0 Å². The highest BCUT2D eigenvalue weighted by atomic mass is 35.5.